The molecule has 1 aromatic rings. The second-order valence-electron chi connectivity index (χ2n) is 4.21. The van der Waals surface area contributed by atoms with E-state index in [1.165, 1.54) is 9.88 Å². The van der Waals surface area contributed by atoms with Gasteiger partial charge in [-0.3, -0.25) is 0 Å². The molecule has 2 unspecified atom stereocenters. The number of hydrogen-bond donors (Lipinski definition) is 1. The van der Waals surface area contributed by atoms with E-state index < -0.39 is 0 Å². The molecule has 1 heterocycles. The van der Waals surface area contributed by atoms with E-state index in [1.807, 2.05) is 6.20 Å². The van der Waals surface area contributed by atoms with Gasteiger partial charge < -0.3 is 10.1 Å². The number of nitrogens with one attached hydrogen (secondary N) is 1. The maximum Gasteiger partial charge on any atom is 0.109 e. The molecule has 0 aliphatic rings. The minimum atomic E-state index is 0.338. The van der Waals surface area contributed by atoms with Crippen LogP contribution in [0, 0.1) is 5.92 Å². The Bertz CT molecular complexity index is 301. The Morgan fingerprint density at radius 1 is 1.50 bits per heavy atom. The second kappa shape index (κ2) is 6.99. The van der Waals surface area contributed by atoms with Crippen molar-refractivity contribution in [2.24, 2.45) is 5.92 Å². The van der Waals surface area contributed by atoms with Crippen molar-refractivity contribution < 1.29 is 4.74 Å². The Labute approximate surface area is 102 Å². The summed E-state index contributed by atoms with van der Waals surface area (Å²) in [7, 11) is 1.74. The van der Waals surface area contributed by atoms with Crippen molar-refractivity contribution in [1.29, 1.82) is 0 Å². The summed E-state index contributed by atoms with van der Waals surface area (Å²) < 4.78 is 5.11. The molecule has 16 heavy (non-hydrogen) atoms. The van der Waals surface area contributed by atoms with Crippen LogP contribution in [0.2, 0.25) is 0 Å². The van der Waals surface area contributed by atoms with Crippen molar-refractivity contribution in [3.05, 3.63) is 16.1 Å². The van der Waals surface area contributed by atoms with Crippen molar-refractivity contribution in [3.63, 3.8) is 0 Å². The number of methoxy groups -OCH3 is 1. The summed E-state index contributed by atoms with van der Waals surface area (Å²) in [5.41, 5.74) is 0. The summed E-state index contributed by atoms with van der Waals surface area (Å²) in [6.07, 6.45) is 3.06. The normalized spacial score (nSPS) is 15.0. The van der Waals surface area contributed by atoms with E-state index in [0.29, 0.717) is 12.0 Å². The molecule has 1 N–H and O–H groups in total. The fraction of sp³-hybridized carbons (Fsp3) is 0.750. The van der Waals surface area contributed by atoms with Crippen LogP contribution in [-0.4, -0.2) is 25.2 Å². The lowest BCUT2D eigenvalue weighted by Gasteiger charge is -2.15. The molecule has 2 atom stereocenters. The number of nitrogens with zero attached hydrogens (tertiary/aromatic N) is 1. The van der Waals surface area contributed by atoms with Gasteiger partial charge in [-0.2, -0.15) is 0 Å². The Morgan fingerprint density at radius 2 is 2.25 bits per heavy atom. The summed E-state index contributed by atoms with van der Waals surface area (Å²) in [6, 6.07) is 0.338. The minimum absolute atomic E-state index is 0.338. The number of rotatable bonds is 7. The lowest BCUT2D eigenvalue weighted by molar-refractivity contribution is 0.157. The number of ether oxygens (including phenoxy) is 1. The van der Waals surface area contributed by atoms with Crippen molar-refractivity contribution in [2.75, 3.05) is 20.3 Å². The highest BCUT2D eigenvalue weighted by molar-refractivity contribution is 7.11. The zero-order valence-electron chi connectivity index (χ0n) is 10.6. The lowest BCUT2D eigenvalue weighted by Crippen LogP contribution is -2.26. The van der Waals surface area contributed by atoms with E-state index in [9.17, 15) is 0 Å². The van der Waals surface area contributed by atoms with Gasteiger partial charge in [0.05, 0.1) is 6.04 Å². The van der Waals surface area contributed by atoms with Gasteiger partial charge in [0, 0.05) is 31.3 Å². The topological polar surface area (TPSA) is 34.2 Å². The first-order valence-corrected chi connectivity index (χ1v) is 6.65. The maximum atomic E-state index is 5.11. The molecule has 3 nitrogen and oxygen atoms in total. The van der Waals surface area contributed by atoms with Gasteiger partial charge in [-0.25, -0.2) is 4.98 Å². The molecule has 0 saturated carbocycles. The van der Waals surface area contributed by atoms with Crippen molar-refractivity contribution in [2.45, 2.75) is 33.2 Å². The van der Waals surface area contributed by atoms with Gasteiger partial charge in [0.2, 0.25) is 0 Å². The zero-order valence-corrected chi connectivity index (χ0v) is 11.4. The second-order valence-corrected chi connectivity index (χ2v) is 5.36. The number of hydrogen-bond acceptors (Lipinski definition) is 4. The fourth-order valence-corrected chi connectivity index (χ4v) is 2.38. The van der Waals surface area contributed by atoms with E-state index in [2.05, 4.69) is 31.1 Å². The van der Waals surface area contributed by atoms with Crippen LogP contribution >= 0.6 is 11.3 Å². The standard InChI is InChI=1S/C12H22N2OS/c1-5-11-7-14-12(16-11)10(3)13-6-9(2)8-15-4/h7,9-10,13H,5-6,8H2,1-4H3. The Kier molecular flexibility index (Phi) is 5.95. The van der Waals surface area contributed by atoms with Gasteiger partial charge in [-0.05, 0) is 19.3 Å². The first-order valence-electron chi connectivity index (χ1n) is 5.84. The summed E-state index contributed by atoms with van der Waals surface area (Å²) in [5.74, 6) is 0.540. The number of thiazole rings is 1. The SMILES string of the molecule is CCc1cnc(C(C)NCC(C)COC)s1. The third-order valence-electron chi connectivity index (χ3n) is 2.51. The monoisotopic (exact) mass is 242 g/mol. The van der Waals surface area contributed by atoms with Crippen molar-refractivity contribution in [1.82, 2.24) is 10.3 Å². The summed E-state index contributed by atoms with van der Waals surface area (Å²) in [6.45, 7) is 8.28. The van der Waals surface area contributed by atoms with Gasteiger partial charge in [-0.1, -0.05) is 13.8 Å². The molecule has 0 fully saturated rings. The molecule has 0 aliphatic heterocycles. The summed E-state index contributed by atoms with van der Waals surface area (Å²) in [5, 5.41) is 4.67. The van der Waals surface area contributed by atoms with E-state index >= 15 is 0 Å². The molecule has 0 aliphatic carbocycles. The van der Waals surface area contributed by atoms with Crippen LogP contribution in [0.15, 0.2) is 6.20 Å². The van der Waals surface area contributed by atoms with E-state index in [1.54, 1.807) is 18.4 Å². The van der Waals surface area contributed by atoms with Gasteiger partial charge in [0.15, 0.2) is 0 Å². The van der Waals surface area contributed by atoms with Crippen LogP contribution in [0.5, 0.6) is 0 Å². The predicted molar refractivity (Wildman–Crippen MR) is 68.9 cm³/mol. The zero-order chi connectivity index (χ0) is 12.0. The van der Waals surface area contributed by atoms with Crippen LogP contribution in [0.4, 0.5) is 0 Å². The molecule has 1 rings (SSSR count). The molecule has 1 aromatic heterocycles. The first kappa shape index (κ1) is 13.6. The molecule has 0 radical (unpaired) electrons. The maximum absolute atomic E-state index is 5.11. The fourth-order valence-electron chi connectivity index (χ4n) is 1.49. The average Bonchev–Trinajstić information content (AvgIpc) is 2.75. The van der Waals surface area contributed by atoms with Gasteiger partial charge in [0.1, 0.15) is 5.01 Å². The third-order valence-corrected chi connectivity index (χ3v) is 3.84. The van der Waals surface area contributed by atoms with Gasteiger partial charge in [0.25, 0.3) is 0 Å². The summed E-state index contributed by atoms with van der Waals surface area (Å²) >= 11 is 1.80. The number of aromatic nitrogens is 1. The lowest BCUT2D eigenvalue weighted by atomic mass is 10.2. The molecule has 92 valence electrons. The van der Waals surface area contributed by atoms with E-state index in [0.717, 1.165) is 19.6 Å². The third kappa shape index (κ3) is 4.20. The molecular weight excluding hydrogens is 220 g/mol. The molecule has 0 spiro atoms. The Balaban J connectivity index is 2.37. The highest BCUT2D eigenvalue weighted by Gasteiger charge is 2.10. The van der Waals surface area contributed by atoms with Crippen LogP contribution in [-0.2, 0) is 11.2 Å². The Morgan fingerprint density at radius 3 is 2.81 bits per heavy atom. The Hall–Kier alpha value is -0.450. The van der Waals surface area contributed by atoms with Gasteiger partial charge in [-0.15, -0.1) is 11.3 Å². The number of aryl methyl sites for hydroxylation is 1. The molecular formula is C12H22N2OS. The first-order chi connectivity index (χ1) is 7.67. The largest absolute Gasteiger partial charge is 0.384 e. The molecule has 0 bridgehead atoms. The van der Waals surface area contributed by atoms with Crippen molar-refractivity contribution in [3.8, 4) is 0 Å². The molecule has 0 saturated heterocycles. The van der Waals surface area contributed by atoms with E-state index in [-0.39, 0.29) is 0 Å². The highest BCUT2D eigenvalue weighted by Crippen LogP contribution is 2.20. The van der Waals surface area contributed by atoms with E-state index in [4.69, 9.17) is 4.74 Å². The summed E-state index contributed by atoms with van der Waals surface area (Å²) in [4.78, 5) is 5.79. The minimum Gasteiger partial charge on any atom is -0.384 e. The van der Waals surface area contributed by atoms with Crippen LogP contribution in [0.3, 0.4) is 0 Å². The van der Waals surface area contributed by atoms with Crippen LogP contribution < -0.4 is 5.32 Å². The molecule has 0 amide bonds. The quantitative estimate of drug-likeness (QED) is 0.798. The predicted octanol–water partition coefficient (Wildman–Crippen LogP) is 2.64. The van der Waals surface area contributed by atoms with Crippen LogP contribution in [0.1, 0.15) is 36.7 Å². The molecule has 0 aromatic carbocycles. The van der Waals surface area contributed by atoms with Gasteiger partial charge >= 0.3 is 0 Å². The average molecular weight is 242 g/mol. The smallest absolute Gasteiger partial charge is 0.109 e. The van der Waals surface area contributed by atoms with Crippen LogP contribution in [0.25, 0.3) is 0 Å². The highest BCUT2D eigenvalue weighted by atomic mass is 32.1. The van der Waals surface area contributed by atoms with Crippen molar-refractivity contribution >= 4 is 11.3 Å². The molecule has 4 heteroatoms.